The Kier molecular flexibility index (Phi) is 2.75. The molecule has 0 saturated carbocycles. The van der Waals surface area contributed by atoms with Crippen LogP contribution < -0.4 is 0 Å². The van der Waals surface area contributed by atoms with Crippen LogP contribution in [0.4, 0.5) is 13.2 Å². The normalized spacial score (nSPS) is 11.1. The van der Waals surface area contributed by atoms with Crippen LogP contribution >= 0.6 is 0 Å². The van der Waals surface area contributed by atoms with Gasteiger partial charge in [0.05, 0.1) is 0 Å². The van der Waals surface area contributed by atoms with Gasteiger partial charge in [0, 0.05) is 0 Å². The predicted molar refractivity (Wildman–Crippen MR) is 43.3 cm³/mol. The maximum absolute atomic E-state index is 12.2. The van der Waals surface area contributed by atoms with E-state index in [0.29, 0.717) is 12.0 Å². The molecule has 0 aromatic carbocycles. The van der Waals surface area contributed by atoms with E-state index in [-0.39, 0.29) is 5.69 Å². The van der Waals surface area contributed by atoms with Gasteiger partial charge in [-0.05, 0) is 24.1 Å². The van der Waals surface area contributed by atoms with Crippen LogP contribution in [-0.4, -0.2) is 4.98 Å². The predicted octanol–water partition coefficient (Wildman–Crippen LogP) is 2.53. The standard InChI is InChI=1S/C9H7F3N2/c1-2-6-3-7(5-13)14-8(4-6)9(10,11)12/h3-4H,2H2,1H3. The highest BCUT2D eigenvalue weighted by Crippen LogP contribution is 2.28. The molecule has 1 aromatic heterocycles. The van der Waals surface area contributed by atoms with Crippen LogP contribution in [0.25, 0.3) is 0 Å². The second-order valence-corrected chi connectivity index (χ2v) is 2.71. The minimum absolute atomic E-state index is 0.198. The van der Waals surface area contributed by atoms with E-state index in [1.165, 1.54) is 6.07 Å². The fourth-order valence-corrected chi connectivity index (χ4v) is 0.994. The van der Waals surface area contributed by atoms with Crippen molar-refractivity contribution in [1.82, 2.24) is 4.98 Å². The highest BCUT2D eigenvalue weighted by molar-refractivity contribution is 5.29. The number of hydrogen-bond donors (Lipinski definition) is 0. The van der Waals surface area contributed by atoms with Gasteiger partial charge in [-0.15, -0.1) is 0 Å². The molecule has 1 rings (SSSR count). The van der Waals surface area contributed by atoms with Crippen LogP contribution in [0.5, 0.6) is 0 Å². The molecule has 0 aliphatic carbocycles. The number of alkyl halides is 3. The maximum Gasteiger partial charge on any atom is 0.433 e. The third kappa shape index (κ3) is 2.22. The number of nitrogens with zero attached hydrogens (tertiary/aromatic N) is 2. The molecule has 0 radical (unpaired) electrons. The maximum atomic E-state index is 12.2. The van der Waals surface area contributed by atoms with E-state index in [0.717, 1.165) is 6.07 Å². The van der Waals surface area contributed by atoms with Crippen LogP contribution in [0.2, 0.25) is 0 Å². The van der Waals surface area contributed by atoms with Crippen LogP contribution in [0, 0.1) is 11.3 Å². The minimum atomic E-state index is -4.49. The van der Waals surface area contributed by atoms with E-state index in [4.69, 9.17) is 5.26 Å². The second-order valence-electron chi connectivity index (χ2n) is 2.71. The van der Waals surface area contributed by atoms with Crippen molar-refractivity contribution >= 4 is 0 Å². The lowest BCUT2D eigenvalue weighted by molar-refractivity contribution is -0.141. The highest BCUT2D eigenvalue weighted by atomic mass is 19.4. The Labute approximate surface area is 79.0 Å². The number of rotatable bonds is 1. The molecule has 1 heterocycles. The van der Waals surface area contributed by atoms with Gasteiger partial charge in [-0.2, -0.15) is 18.4 Å². The molecular weight excluding hydrogens is 193 g/mol. The molecule has 74 valence electrons. The Balaban J connectivity index is 3.26. The van der Waals surface area contributed by atoms with Crippen molar-refractivity contribution in [3.63, 3.8) is 0 Å². The summed E-state index contributed by atoms with van der Waals surface area (Å²) in [6.07, 6.45) is -4.04. The van der Waals surface area contributed by atoms with Gasteiger partial charge in [-0.25, -0.2) is 4.98 Å². The number of aryl methyl sites for hydroxylation is 1. The summed E-state index contributed by atoms with van der Waals surface area (Å²) in [6.45, 7) is 1.72. The Hall–Kier alpha value is -1.57. The molecule has 0 aliphatic heterocycles. The van der Waals surface area contributed by atoms with Crippen molar-refractivity contribution in [2.45, 2.75) is 19.5 Å². The molecule has 0 spiro atoms. The molecule has 2 nitrogen and oxygen atoms in total. The third-order valence-corrected chi connectivity index (χ3v) is 1.70. The quantitative estimate of drug-likeness (QED) is 0.698. The lowest BCUT2D eigenvalue weighted by Gasteiger charge is -2.07. The van der Waals surface area contributed by atoms with Gasteiger partial charge >= 0.3 is 6.18 Å². The molecule has 14 heavy (non-hydrogen) atoms. The van der Waals surface area contributed by atoms with Gasteiger partial charge in [-0.1, -0.05) is 6.92 Å². The number of nitriles is 1. The molecule has 0 bridgehead atoms. The van der Waals surface area contributed by atoms with Crippen LogP contribution in [0.1, 0.15) is 23.9 Å². The van der Waals surface area contributed by atoms with Crippen LogP contribution in [-0.2, 0) is 12.6 Å². The second kappa shape index (κ2) is 3.66. The first-order chi connectivity index (χ1) is 6.47. The summed E-state index contributed by atoms with van der Waals surface area (Å²) in [5.41, 5.74) is -0.742. The summed E-state index contributed by atoms with van der Waals surface area (Å²) in [4.78, 5) is 3.18. The zero-order valence-electron chi connectivity index (χ0n) is 7.39. The zero-order chi connectivity index (χ0) is 10.8. The molecule has 0 saturated heterocycles. The van der Waals surface area contributed by atoms with Crippen molar-refractivity contribution in [3.05, 3.63) is 29.1 Å². The largest absolute Gasteiger partial charge is 0.433 e. The Morgan fingerprint density at radius 2 is 2.07 bits per heavy atom. The monoisotopic (exact) mass is 200 g/mol. The first-order valence-corrected chi connectivity index (χ1v) is 3.95. The summed E-state index contributed by atoms with van der Waals surface area (Å²) >= 11 is 0. The summed E-state index contributed by atoms with van der Waals surface area (Å²) in [7, 11) is 0. The van der Waals surface area contributed by atoms with E-state index in [1.807, 2.05) is 0 Å². The molecule has 0 aliphatic rings. The number of halogens is 3. The Morgan fingerprint density at radius 3 is 2.50 bits per heavy atom. The minimum Gasteiger partial charge on any atom is -0.233 e. The summed E-state index contributed by atoms with van der Waals surface area (Å²) in [6, 6.07) is 3.92. The number of hydrogen-bond acceptors (Lipinski definition) is 2. The number of aromatic nitrogens is 1. The first-order valence-electron chi connectivity index (χ1n) is 3.95. The van der Waals surface area contributed by atoms with E-state index in [9.17, 15) is 13.2 Å². The molecule has 0 N–H and O–H groups in total. The summed E-state index contributed by atoms with van der Waals surface area (Å²) in [5, 5.41) is 8.47. The molecule has 0 unspecified atom stereocenters. The van der Waals surface area contributed by atoms with E-state index < -0.39 is 11.9 Å². The van der Waals surface area contributed by atoms with Crippen LogP contribution in [0.3, 0.4) is 0 Å². The highest BCUT2D eigenvalue weighted by Gasteiger charge is 2.33. The SMILES string of the molecule is CCc1cc(C#N)nc(C(F)(F)F)c1. The van der Waals surface area contributed by atoms with Gasteiger partial charge in [0.2, 0.25) is 0 Å². The fraction of sp³-hybridized carbons (Fsp3) is 0.333. The summed E-state index contributed by atoms with van der Waals surface area (Å²) < 4.78 is 36.7. The van der Waals surface area contributed by atoms with E-state index >= 15 is 0 Å². The third-order valence-electron chi connectivity index (χ3n) is 1.70. The smallest absolute Gasteiger partial charge is 0.233 e. The van der Waals surface area contributed by atoms with Gasteiger partial charge in [0.1, 0.15) is 17.5 Å². The fourth-order valence-electron chi connectivity index (χ4n) is 0.994. The lowest BCUT2D eigenvalue weighted by Crippen LogP contribution is -2.09. The van der Waals surface area contributed by atoms with Crippen molar-refractivity contribution in [1.29, 1.82) is 5.26 Å². The molecular formula is C9H7F3N2. The first kappa shape index (κ1) is 10.5. The molecule has 0 fully saturated rings. The average Bonchev–Trinajstić information content (AvgIpc) is 2.15. The van der Waals surface area contributed by atoms with Gasteiger partial charge < -0.3 is 0 Å². The van der Waals surface area contributed by atoms with Crippen molar-refractivity contribution in [3.8, 4) is 6.07 Å². The Bertz CT molecular complexity index is 377. The van der Waals surface area contributed by atoms with E-state index in [1.54, 1.807) is 13.0 Å². The Morgan fingerprint density at radius 1 is 1.43 bits per heavy atom. The van der Waals surface area contributed by atoms with E-state index in [2.05, 4.69) is 4.98 Å². The van der Waals surface area contributed by atoms with Crippen molar-refractivity contribution < 1.29 is 13.2 Å². The number of pyridine rings is 1. The lowest BCUT2D eigenvalue weighted by atomic mass is 10.1. The molecule has 5 heteroatoms. The average molecular weight is 200 g/mol. The molecule has 0 atom stereocenters. The molecule has 1 aromatic rings. The van der Waals surface area contributed by atoms with Gasteiger partial charge in [0.25, 0.3) is 0 Å². The van der Waals surface area contributed by atoms with Crippen molar-refractivity contribution in [2.75, 3.05) is 0 Å². The van der Waals surface area contributed by atoms with Crippen LogP contribution in [0.15, 0.2) is 12.1 Å². The zero-order valence-corrected chi connectivity index (χ0v) is 7.39. The van der Waals surface area contributed by atoms with Gasteiger partial charge in [-0.3, -0.25) is 0 Å². The van der Waals surface area contributed by atoms with Gasteiger partial charge in [0.15, 0.2) is 0 Å². The summed E-state index contributed by atoms with van der Waals surface area (Å²) in [5.74, 6) is 0. The molecule has 0 amide bonds. The topological polar surface area (TPSA) is 36.7 Å². The van der Waals surface area contributed by atoms with Crippen molar-refractivity contribution in [2.24, 2.45) is 0 Å².